The lowest BCUT2D eigenvalue weighted by Gasteiger charge is -2.11. The molecule has 3 rings (SSSR count). The summed E-state index contributed by atoms with van der Waals surface area (Å²) in [6.07, 6.45) is 1.64. The van der Waals surface area contributed by atoms with Crippen molar-refractivity contribution in [3.05, 3.63) is 53.2 Å². The third-order valence-electron chi connectivity index (χ3n) is 3.20. The fourth-order valence-electron chi connectivity index (χ4n) is 2.10. The maximum absolute atomic E-state index is 12.5. The SMILES string of the molecule is Cc1c(Cl)cccc1S(=O)(=O)Nc1ccc2[nH]ncc2c1. The molecule has 0 unspecified atom stereocenters. The van der Waals surface area contributed by atoms with Crippen molar-refractivity contribution in [1.82, 2.24) is 10.2 Å². The fourth-order valence-corrected chi connectivity index (χ4v) is 3.64. The van der Waals surface area contributed by atoms with Gasteiger partial charge in [0, 0.05) is 16.1 Å². The van der Waals surface area contributed by atoms with Crippen LogP contribution in [0.1, 0.15) is 5.56 Å². The van der Waals surface area contributed by atoms with Crippen molar-refractivity contribution in [3.63, 3.8) is 0 Å². The molecule has 7 heteroatoms. The van der Waals surface area contributed by atoms with Gasteiger partial charge in [-0.25, -0.2) is 8.42 Å². The lowest BCUT2D eigenvalue weighted by Crippen LogP contribution is -2.14. The highest BCUT2D eigenvalue weighted by Gasteiger charge is 2.18. The van der Waals surface area contributed by atoms with Crippen molar-refractivity contribution in [2.75, 3.05) is 4.72 Å². The number of hydrogen-bond acceptors (Lipinski definition) is 3. The van der Waals surface area contributed by atoms with Crippen LogP contribution in [0.3, 0.4) is 0 Å². The van der Waals surface area contributed by atoms with Crippen LogP contribution in [0.4, 0.5) is 5.69 Å². The van der Waals surface area contributed by atoms with E-state index in [-0.39, 0.29) is 4.90 Å². The van der Waals surface area contributed by atoms with E-state index in [2.05, 4.69) is 14.9 Å². The van der Waals surface area contributed by atoms with Crippen LogP contribution in [0, 0.1) is 6.92 Å². The number of halogens is 1. The van der Waals surface area contributed by atoms with Gasteiger partial charge in [0.25, 0.3) is 10.0 Å². The van der Waals surface area contributed by atoms with E-state index < -0.39 is 10.0 Å². The molecule has 0 aliphatic carbocycles. The van der Waals surface area contributed by atoms with Crippen LogP contribution in [0.15, 0.2) is 47.5 Å². The van der Waals surface area contributed by atoms with Gasteiger partial charge in [-0.15, -0.1) is 0 Å². The Kier molecular flexibility index (Phi) is 3.35. The van der Waals surface area contributed by atoms with Crippen LogP contribution in [-0.2, 0) is 10.0 Å². The highest BCUT2D eigenvalue weighted by molar-refractivity contribution is 7.92. The molecule has 0 saturated heterocycles. The summed E-state index contributed by atoms with van der Waals surface area (Å²) in [5, 5.41) is 7.97. The van der Waals surface area contributed by atoms with Gasteiger partial charge in [0.1, 0.15) is 0 Å². The van der Waals surface area contributed by atoms with Gasteiger partial charge in [0.2, 0.25) is 0 Å². The molecule has 5 nitrogen and oxygen atoms in total. The Balaban J connectivity index is 2.00. The molecule has 2 aromatic carbocycles. The van der Waals surface area contributed by atoms with Crippen LogP contribution < -0.4 is 4.72 Å². The zero-order valence-electron chi connectivity index (χ0n) is 11.1. The Morgan fingerprint density at radius 3 is 2.86 bits per heavy atom. The molecule has 0 aliphatic heterocycles. The number of aromatic nitrogens is 2. The van der Waals surface area contributed by atoms with Crippen LogP contribution >= 0.6 is 11.6 Å². The van der Waals surface area contributed by atoms with Gasteiger partial charge in [-0.3, -0.25) is 9.82 Å². The first-order valence-electron chi connectivity index (χ1n) is 6.18. The van der Waals surface area contributed by atoms with Crippen molar-refractivity contribution in [1.29, 1.82) is 0 Å². The fraction of sp³-hybridized carbons (Fsp3) is 0.0714. The predicted octanol–water partition coefficient (Wildman–Crippen LogP) is 3.33. The number of rotatable bonds is 3. The zero-order valence-corrected chi connectivity index (χ0v) is 12.7. The van der Waals surface area contributed by atoms with Gasteiger partial charge >= 0.3 is 0 Å². The van der Waals surface area contributed by atoms with Crippen molar-refractivity contribution < 1.29 is 8.42 Å². The highest BCUT2D eigenvalue weighted by atomic mass is 35.5. The first-order valence-corrected chi connectivity index (χ1v) is 8.04. The van der Waals surface area contributed by atoms with E-state index in [0.29, 0.717) is 16.3 Å². The Morgan fingerprint density at radius 1 is 1.24 bits per heavy atom. The molecule has 0 bridgehead atoms. The largest absolute Gasteiger partial charge is 0.280 e. The number of H-pyrrole nitrogens is 1. The topological polar surface area (TPSA) is 74.8 Å². The van der Waals surface area contributed by atoms with Crippen LogP contribution in [0.25, 0.3) is 10.9 Å². The van der Waals surface area contributed by atoms with Gasteiger partial charge in [-0.1, -0.05) is 17.7 Å². The molecule has 1 heterocycles. The van der Waals surface area contributed by atoms with Crippen molar-refractivity contribution in [2.45, 2.75) is 11.8 Å². The maximum atomic E-state index is 12.5. The standard InChI is InChI=1S/C14H12ClN3O2S/c1-9-12(15)3-2-4-14(9)21(19,20)18-11-5-6-13-10(7-11)8-16-17-13/h2-8,18H,1H3,(H,16,17). The summed E-state index contributed by atoms with van der Waals surface area (Å²) < 4.78 is 27.5. The Morgan fingerprint density at radius 2 is 2.05 bits per heavy atom. The lowest BCUT2D eigenvalue weighted by atomic mass is 10.2. The number of hydrogen-bond donors (Lipinski definition) is 2. The van der Waals surface area contributed by atoms with Gasteiger partial charge in [-0.2, -0.15) is 5.10 Å². The smallest absolute Gasteiger partial charge is 0.262 e. The zero-order chi connectivity index (χ0) is 15.0. The van der Waals surface area contributed by atoms with E-state index in [1.54, 1.807) is 43.5 Å². The number of nitrogens with zero attached hydrogens (tertiary/aromatic N) is 1. The average molecular weight is 322 g/mol. The minimum atomic E-state index is -3.68. The number of sulfonamides is 1. The summed E-state index contributed by atoms with van der Waals surface area (Å²) in [4.78, 5) is 0.169. The predicted molar refractivity (Wildman–Crippen MR) is 83.1 cm³/mol. The lowest BCUT2D eigenvalue weighted by molar-refractivity contribution is 0.600. The summed E-state index contributed by atoms with van der Waals surface area (Å²) in [5.41, 5.74) is 1.84. The molecule has 3 aromatic rings. The summed E-state index contributed by atoms with van der Waals surface area (Å²) in [6, 6.07) is 9.97. The molecule has 0 aliphatic rings. The molecule has 0 spiro atoms. The molecule has 2 N–H and O–H groups in total. The second kappa shape index (κ2) is 5.05. The Labute approximate surface area is 127 Å². The van der Waals surface area contributed by atoms with E-state index in [1.807, 2.05) is 0 Å². The molecule has 0 atom stereocenters. The summed E-state index contributed by atoms with van der Waals surface area (Å²) in [6.45, 7) is 1.68. The van der Waals surface area contributed by atoms with Crippen molar-refractivity contribution in [3.8, 4) is 0 Å². The first kappa shape index (κ1) is 13.9. The summed E-state index contributed by atoms with van der Waals surface area (Å²) >= 11 is 5.98. The van der Waals surface area contributed by atoms with Gasteiger partial charge in [0.05, 0.1) is 16.6 Å². The van der Waals surface area contributed by atoms with E-state index in [4.69, 9.17) is 11.6 Å². The molecule has 21 heavy (non-hydrogen) atoms. The second-order valence-corrected chi connectivity index (χ2v) is 6.70. The average Bonchev–Trinajstić information content (AvgIpc) is 2.88. The number of nitrogens with one attached hydrogen (secondary N) is 2. The van der Waals surface area contributed by atoms with Crippen LogP contribution in [0.5, 0.6) is 0 Å². The minimum Gasteiger partial charge on any atom is -0.280 e. The Bertz CT molecular complexity index is 919. The molecule has 0 radical (unpaired) electrons. The monoisotopic (exact) mass is 321 g/mol. The maximum Gasteiger partial charge on any atom is 0.262 e. The molecule has 1 aromatic heterocycles. The Hall–Kier alpha value is -2.05. The first-order chi connectivity index (χ1) is 9.97. The molecular weight excluding hydrogens is 310 g/mol. The molecule has 0 saturated carbocycles. The number of fused-ring (bicyclic) bond motifs is 1. The summed E-state index contributed by atoms with van der Waals surface area (Å²) in [7, 11) is -3.68. The van der Waals surface area contributed by atoms with E-state index >= 15 is 0 Å². The third kappa shape index (κ3) is 2.59. The van der Waals surface area contributed by atoms with E-state index in [0.717, 1.165) is 10.9 Å². The highest BCUT2D eigenvalue weighted by Crippen LogP contribution is 2.25. The number of anilines is 1. The summed E-state index contributed by atoms with van der Waals surface area (Å²) in [5.74, 6) is 0. The molecule has 0 fully saturated rings. The third-order valence-corrected chi connectivity index (χ3v) is 5.14. The van der Waals surface area contributed by atoms with Crippen molar-refractivity contribution in [2.24, 2.45) is 0 Å². The molecule has 0 amide bonds. The number of aromatic amines is 1. The minimum absolute atomic E-state index is 0.169. The van der Waals surface area contributed by atoms with E-state index in [1.165, 1.54) is 6.07 Å². The van der Waals surface area contributed by atoms with Gasteiger partial charge < -0.3 is 0 Å². The van der Waals surface area contributed by atoms with Crippen LogP contribution in [0.2, 0.25) is 5.02 Å². The van der Waals surface area contributed by atoms with Crippen LogP contribution in [-0.4, -0.2) is 18.6 Å². The van der Waals surface area contributed by atoms with E-state index in [9.17, 15) is 8.42 Å². The number of benzene rings is 2. The molecular formula is C14H12ClN3O2S. The molecule has 108 valence electrons. The second-order valence-electron chi connectivity index (χ2n) is 4.64. The van der Waals surface area contributed by atoms with Gasteiger partial charge in [-0.05, 0) is 42.8 Å². The quantitative estimate of drug-likeness (QED) is 0.777. The normalized spacial score (nSPS) is 11.7. The van der Waals surface area contributed by atoms with Crippen molar-refractivity contribution >= 4 is 38.2 Å². The van der Waals surface area contributed by atoms with Gasteiger partial charge in [0.15, 0.2) is 0 Å².